The van der Waals surface area contributed by atoms with E-state index in [-0.39, 0.29) is 12.1 Å². The summed E-state index contributed by atoms with van der Waals surface area (Å²) >= 11 is 0. The zero-order chi connectivity index (χ0) is 17.0. The average molecular weight is 318 g/mol. The van der Waals surface area contributed by atoms with Gasteiger partial charge >= 0.3 is 6.03 Å². The van der Waals surface area contributed by atoms with Crippen LogP contribution in [0.2, 0.25) is 0 Å². The van der Waals surface area contributed by atoms with Crippen molar-refractivity contribution in [2.45, 2.75) is 19.9 Å². The Morgan fingerprint density at radius 2 is 2.04 bits per heavy atom. The van der Waals surface area contributed by atoms with Gasteiger partial charge in [-0.1, -0.05) is 0 Å². The number of anilines is 1. The lowest BCUT2D eigenvalue weighted by atomic mass is 10.1. The number of methoxy groups -OCH3 is 2. The van der Waals surface area contributed by atoms with E-state index in [1.807, 2.05) is 27.1 Å². The van der Waals surface area contributed by atoms with E-state index in [2.05, 4.69) is 15.7 Å². The summed E-state index contributed by atoms with van der Waals surface area (Å²) in [6, 6.07) is 4.73. The smallest absolute Gasteiger partial charge is 0.319 e. The number of hydrogen-bond acceptors (Lipinski definition) is 4. The first-order chi connectivity index (χ1) is 10.9. The Hall–Kier alpha value is -2.70. The fourth-order valence-corrected chi connectivity index (χ4v) is 2.38. The van der Waals surface area contributed by atoms with Crippen LogP contribution in [-0.2, 0) is 7.05 Å². The molecule has 23 heavy (non-hydrogen) atoms. The van der Waals surface area contributed by atoms with Crippen LogP contribution in [0.25, 0.3) is 0 Å². The van der Waals surface area contributed by atoms with E-state index < -0.39 is 0 Å². The molecule has 0 bridgehead atoms. The first kappa shape index (κ1) is 16.7. The molecule has 0 aliphatic carbocycles. The number of amides is 2. The number of ether oxygens (including phenoxy) is 2. The maximum absolute atomic E-state index is 12.2. The summed E-state index contributed by atoms with van der Waals surface area (Å²) in [6.07, 6.45) is 1.90. The summed E-state index contributed by atoms with van der Waals surface area (Å²) in [7, 11) is 4.97. The largest absolute Gasteiger partial charge is 0.497 e. The summed E-state index contributed by atoms with van der Waals surface area (Å²) in [6.45, 7) is 3.83. The molecule has 1 aromatic carbocycles. The minimum Gasteiger partial charge on any atom is -0.497 e. The van der Waals surface area contributed by atoms with Gasteiger partial charge in [0.05, 0.1) is 31.6 Å². The van der Waals surface area contributed by atoms with Gasteiger partial charge in [-0.25, -0.2) is 4.79 Å². The molecular weight excluding hydrogens is 296 g/mol. The molecule has 2 amide bonds. The van der Waals surface area contributed by atoms with Gasteiger partial charge in [0, 0.05) is 24.9 Å². The maximum atomic E-state index is 12.2. The van der Waals surface area contributed by atoms with Gasteiger partial charge in [-0.15, -0.1) is 0 Å². The fraction of sp³-hybridized carbons (Fsp3) is 0.375. The first-order valence-corrected chi connectivity index (χ1v) is 7.24. The third-order valence-corrected chi connectivity index (χ3v) is 3.52. The van der Waals surface area contributed by atoms with Crippen molar-refractivity contribution in [3.05, 3.63) is 35.7 Å². The predicted molar refractivity (Wildman–Crippen MR) is 88.1 cm³/mol. The van der Waals surface area contributed by atoms with Gasteiger partial charge in [0.1, 0.15) is 11.5 Å². The second-order valence-electron chi connectivity index (χ2n) is 5.23. The van der Waals surface area contributed by atoms with Crippen molar-refractivity contribution in [2.75, 3.05) is 19.5 Å². The topological polar surface area (TPSA) is 77.4 Å². The number of carbonyl (C=O) groups is 1. The number of carbonyl (C=O) groups excluding carboxylic acids is 1. The number of rotatable bonds is 5. The van der Waals surface area contributed by atoms with E-state index in [9.17, 15) is 4.79 Å². The number of nitrogens with zero attached hydrogens (tertiary/aromatic N) is 2. The van der Waals surface area contributed by atoms with E-state index in [0.717, 1.165) is 11.3 Å². The standard InChI is InChI=1S/C16H22N4O3/c1-10(13-9-20(3)19-11(13)2)17-16(21)18-14-7-6-12(22-4)8-15(14)23-5/h6-10H,1-5H3,(H2,17,18,21)/t10-/m1/s1. The van der Waals surface area contributed by atoms with Crippen LogP contribution < -0.4 is 20.1 Å². The highest BCUT2D eigenvalue weighted by molar-refractivity contribution is 5.91. The van der Waals surface area contributed by atoms with Crippen LogP contribution in [0.5, 0.6) is 11.5 Å². The van der Waals surface area contributed by atoms with Crippen LogP contribution in [0.3, 0.4) is 0 Å². The van der Waals surface area contributed by atoms with Crippen LogP contribution in [0.4, 0.5) is 10.5 Å². The monoisotopic (exact) mass is 318 g/mol. The van der Waals surface area contributed by atoms with Gasteiger partial charge < -0.3 is 20.1 Å². The Kier molecular flexibility index (Phi) is 5.10. The molecule has 0 aliphatic rings. The normalized spacial score (nSPS) is 11.7. The van der Waals surface area contributed by atoms with E-state index in [1.165, 1.54) is 0 Å². The van der Waals surface area contributed by atoms with Gasteiger partial charge in [0.15, 0.2) is 0 Å². The molecule has 7 nitrogen and oxygen atoms in total. The van der Waals surface area contributed by atoms with Gasteiger partial charge in [-0.2, -0.15) is 5.10 Å². The minimum absolute atomic E-state index is 0.159. The van der Waals surface area contributed by atoms with Gasteiger partial charge in [0.2, 0.25) is 0 Å². The zero-order valence-corrected chi connectivity index (χ0v) is 14.0. The molecule has 0 fully saturated rings. The summed E-state index contributed by atoms with van der Waals surface area (Å²) in [4.78, 5) is 12.2. The van der Waals surface area contributed by atoms with Crippen LogP contribution >= 0.6 is 0 Å². The van der Waals surface area contributed by atoms with E-state index in [4.69, 9.17) is 9.47 Å². The SMILES string of the molecule is COc1ccc(NC(=O)N[C@H](C)c2cn(C)nc2C)c(OC)c1. The van der Waals surface area contributed by atoms with Gasteiger partial charge in [0.25, 0.3) is 0 Å². The third kappa shape index (κ3) is 3.94. The highest BCUT2D eigenvalue weighted by atomic mass is 16.5. The van der Waals surface area contributed by atoms with E-state index >= 15 is 0 Å². The second kappa shape index (κ2) is 7.04. The summed E-state index contributed by atoms with van der Waals surface area (Å²) in [5, 5.41) is 9.95. The molecule has 7 heteroatoms. The second-order valence-corrected chi connectivity index (χ2v) is 5.23. The Labute approximate surface area is 135 Å². The molecule has 1 heterocycles. The lowest BCUT2D eigenvalue weighted by Crippen LogP contribution is -2.31. The predicted octanol–water partition coefficient (Wildman–Crippen LogP) is 2.63. The molecule has 2 N–H and O–H groups in total. The van der Waals surface area contributed by atoms with Crippen molar-refractivity contribution in [2.24, 2.45) is 7.05 Å². The zero-order valence-electron chi connectivity index (χ0n) is 14.0. The number of aryl methyl sites for hydroxylation is 2. The number of urea groups is 1. The van der Waals surface area contributed by atoms with Crippen LogP contribution in [0, 0.1) is 6.92 Å². The van der Waals surface area contributed by atoms with Crippen molar-refractivity contribution in [1.82, 2.24) is 15.1 Å². The maximum Gasteiger partial charge on any atom is 0.319 e. The third-order valence-electron chi connectivity index (χ3n) is 3.52. The summed E-state index contributed by atoms with van der Waals surface area (Å²) in [5.41, 5.74) is 2.44. The van der Waals surface area contributed by atoms with Crippen molar-refractivity contribution in [1.29, 1.82) is 0 Å². The molecule has 0 spiro atoms. The molecule has 1 aromatic heterocycles. The van der Waals surface area contributed by atoms with E-state index in [0.29, 0.717) is 17.2 Å². The van der Waals surface area contributed by atoms with Crippen molar-refractivity contribution in [3.8, 4) is 11.5 Å². The first-order valence-electron chi connectivity index (χ1n) is 7.24. The average Bonchev–Trinajstić information content (AvgIpc) is 2.86. The number of nitrogens with one attached hydrogen (secondary N) is 2. The lowest BCUT2D eigenvalue weighted by molar-refractivity contribution is 0.249. The number of hydrogen-bond donors (Lipinski definition) is 2. The lowest BCUT2D eigenvalue weighted by Gasteiger charge is -2.16. The Morgan fingerprint density at radius 3 is 2.61 bits per heavy atom. The Bertz CT molecular complexity index is 697. The Balaban J connectivity index is 2.06. The summed E-state index contributed by atoms with van der Waals surface area (Å²) < 4.78 is 12.1. The number of aromatic nitrogens is 2. The van der Waals surface area contributed by atoms with Crippen LogP contribution in [0.1, 0.15) is 24.2 Å². The Morgan fingerprint density at radius 1 is 1.30 bits per heavy atom. The highest BCUT2D eigenvalue weighted by Gasteiger charge is 2.15. The highest BCUT2D eigenvalue weighted by Crippen LogP contribution is 2.29. The molecule has 2 rings (SSSR count). The molecule has 124 valence electrons. The molecule has 2 aromatic rings. The van der Waals surface area contributed by atoms with Crippen LogP contribution in [0.15, 0.2) is 24.4 Å². The molecule has 0 saturated carbocycles. The van der Waals surface area contributed by atoms with Crippen molar-refractivity contribution in [3.63, 3.8) is 0 Å². The summed E-state index contributed by atoms with van der Waals surface area (Å²) in [5.74, 6) is 1.19. The molecular formula is C16H22N4O3. The number of benzene rings is 1. The quantitative estimate of drug-likeness (QED) is 0.888. The molecule has 0 saturated heterocycles. The molecule has 0 radical (unpaired) electrons. The van der Waals surface area contributed by atoms with E-state index in [1.54, 1.807) is 37.1 Å². The van der Waals surface area contributed by atoms with Gasteiger partial charge in [-0.05, 0) is 26.0 Å². The van der Waals surface area contributed by atoms with Crippen molar-refractivity contribution >= 4 is 11.7 Å². The molecule has 0 aliphatic heterocycles. The minimum atomic E-state index is -0.316. The van der Waals surface area contributed by atoms with Crippen LogP contribution in [-0.4, -0.2) is 30.0 Å². The molecule has 1 atom stereocenters. The van der Waals surface area contributed by atoms with Crippen molar-refractivity contribution < 1.29 is 14.3 Å². The van der Waals surface area contributed by atoms with Gasteiger partial charge in [-0.3, -0.25) is 4.68 Å². The molecule has 0 unspecified atom stereocenters. The fourth-order valence-electron chi connectivity index (χ4n) is 2.38.